The lowest BCUT2D eigenvalue weighted by atomic mass is 10.1. The van der Waals surface area contributed by atoms with E-state index in [4.69, 9.17) is 5.73 Å². The summed E-state index contributed by atoms with van der Waals surface area (Å²) < 4.78 is 0. The maximum absolute atomic E-state index is 10.4. The molecule has 1 aromatic rings. The Hall–Kier alpha value is -2.02. The summed E-state index contributed by atoms with van der Waals surface area (Å²) in [6, 6.07) is 9.16. The maximum Gasteiger partial charge on any atom is 0.209 e. The van der Waals surface area contributed by atoms with Crippen LogP contribution in [0.25, 0.3) is 0 Å². The molecule has 0 heterocycles. The Kier molecular flexibility index (Phi) is 5.02. The van der Waals surface area contributed by atoms with Gasteiger partial charge in [-0.05, 0) is 17.8 Å². The van der Waals surface area contributed by atoms with Gasteiger partial charge in [0.15, 0.2) is 5.11 Å². The summed E-state index contributed by atoms with van der Waals surface area (Å²) in [6.45, 7) is -0.188. The van der Waals surface area contributed by atoms with E-state index in [0.717, 1.165) is 5.56 Å². The molecule has 3 N–H and O–H groups in total. The first-order valence-electron chi connectivity index (χ1n) is 4.89. The fourth-order valence-electron chi connectivity index (χ4n) is 1.22. The molecule has 1 rings (SSSR count). The second kappa shape index (κ2) is 6.54. The van der Waals surface area contributed by atoms with Crippen molar-refractivity contribution in [3.8, 4) is 0 Å². The number of benzene rings is 1. The third kappa shape index (κ3) is 5.03. The zero-order valence-electron chi connectivity index (χ0n) is 9.00. The summed E-state index contributed by atoms with van der Waals surface area (Å²) in [5.41, 5.74) is 9.05. The molecule has 0 amide bonds. The van der Waals surface area contributed by atoms with Crippen LogP contribution in [0.5, 0.6) is 0 Å². The van der Waals surface area contributed by atoms with E-state index in [-0.39, 0.29) is 23.0 Å². The minimum absolute atomic E-state index is 0.0273. The molecule has 0 radical (unpaired) electrons. The lowest BCUT2D eigenvalue weighted by Crippen LogP contribution is -2.26. The van der Waals surface area contributed by atoms with Crippen molar-refractivity contribution in [1.29, 1.82) is 0 Å². The highest BCUT2D eigenvalue weighted by Gasteiger charge is 2.07. The molecule has 6 nitrogen and oxygen atoms in total. The summed E-state index contributed by atoms with van der Waals surface area (Å²) in [5, 5.41) is 14.3. The maximum atomic E-state index is 10.4. The Morgan fingerprint density at radius 1 is 1.47 bits per heavy atom. The lowest BCUT2D eigenvalue weighted by molar-refractivity contribution is -0.478. The molecule has 17 heavy (non-hydrogen) atoms. The van der Waals surface area contributed by atoms with Crippen LogP contribution in [0.1, 0.15) is 12.0 Å². The van der Waals surface area contributed by atoms with Gasteiger partial charge < -0.3 is 5.73 Å². The molecule has 1 aromatic carbocycles. The molecule has 0 unspecified atom stereocenters. The highest BCUT2D eigenvalue weighted by atomic mass is 32.1. The molecule has 0 aromatic heterocycles. The normalized spacial score (nSPS) is 10.9. The third-order valence-corrected chi connectivity index (χ3v) is 2.03. The molecule has 0 fully saturated rings. The van der Waals surface area contributed by atoms with Crippen molar-refractivity contribution in [2.24, 2.45) is 10.8 Å². The fraction of sp³-hybridized carbons (Fsp3) is 0.200. The van der Waals surface area contributed by atoms with Gasteiger partial charge in [-0.3, -0.25) is 15.5 Å². The SMILES string of the molecule is NC(=S)NN=C(CC[N+](=O)[O-])c1ccccc1. The molecule has 0 aliphatic heterocycles. The highest BCUT2D eigenvalue weighted by molar-refractivity contribution is 7.80. The van der Waals surface area contributed by atoms with Crippen molar-refractivity contribution in [3.63, 3.8) is 0 Å². The molecule has 90 valence electrons. The summed E-state index contributed by atoms with van der Waals surface area (Å²) in [4.78, 5) is 9.96. The van der Waals surface area contributed by atoms with E-state index in [1.54, 1.807) is 0 Å². The zero-order valence-corrected chi connectivity index (χ0v) is 9.81. The number of nitrogens with one attached hydrogen (secondary N) is 1. The number of nitrogens with zero attached hydrogens (tertiary/aromatic N) is 2. The van der Waals surface area contributed by atoms with Crippen molar-refractivity contribution in [3.05, 3.63) is 46.0 Å². The van der Waals surface area contributed by atoms with Crippen molar-refractivity contribution in [2.75, 3.05) is 6.54 Å². The minimum atomic E-state index is -0.390. The van der Waals surface area contributed by atoms with Gasteiger partial charge in [-0.25, -0.2) is 0 Å². The van der Waals surface area contributed by atoms with E-state index in [1.807, 2.05) is 30.3 Å². The molecule has 0 aliphatic carbocycles. The number of hydrazone groups is 1. The summed E-state index contributed by atoms with van der Waals surface area (Å²) >= 11 is 4.63. The molecule has 0 atom stereocenters. The van der Waals surface area contributed by atoms with E-state index in [9.17, 15) is 10.1 Å². The van der Waals surface area contributed by atoms with Gasteiger partial charge in [0.25, 0.3) is 0 Å². The van der Waals surface area contributed by atoms with Crippen LogP contribution >= 0.6 is 12.2 Å². The second-order valence-corrected chi connectivity index (χ2v) is 3.65. The molecule has 0 saturated carbocycles. The van der Waals surface area contributed by atoms with E-state index < -0.39 is 0 Å². The van der Waals surface area contributed by atoms with Crippen LogP contribution in [-0.2, 0) is 0 Å². The van der Waals surface area contributed by atoms with Crippen molar-refractivity contribution in [2.45, 2.75) is 6.42 Å². The van der Waals surface area contributed by atoms with E-state index in [2.05, 4.69) is 22.7 Å². The molecule has 0 saturated heterocycles. The number of rotatable bonds is 5. The third-order valence-electron chi connectivity index (χ3n) is 1.94. The molecular formula is C10H12N4O2S. The van der Waals surface area contributed by atoms with Crippen molar-refractivity contribution in [1.82, 2.24) is 5.43 Å². The topological polar surface area (TPSA) is 93.5 Å². The number of hydrogen-bond acceptors (Lipinski definition) is 4. The minimum Gasteiger partial charge on any atom is -0.375 e. The van der Waals surface area contributed by atoms with Gasteiger partial charge in [-0.15, -0.1) is 0 Å². The summed E-state index contributed by atoms with van der Waals surface area (Å²) in [6.07, 6.45) is 0.215. The van der Waals surface area contributed by atoms with E-state index in [0.29, 0.717) is 5.71 Å². The van der Waals surface area contributed by atoms with Crippen LogP contribution < -0.4 is 11.2 Å². The van der Waals surface area contributed by atoms with Crippen LogP contribution in [0.2, 0.25) is 0 Å². The lowest BCUT2D eigenvalue weighted by Gasteiger charge is -2.04. The smallest absolute Gasteiger partial charge is 0.209 e. The first-order valence-corrected chi connectivity index (χ1v) is 5.29. The Balaban J connectivity index is 2.82. The Bertz CT molecular complexity index is 433. The average molecular weight is 252 g/mol. The largest absolute Gasteiger partial charge is 0.375 e. The van der Waals surface area contributed by atoms with Gasteiger partial charge in [0.2, 0.25) is 6.54 Å². The van der Waals surface area contributed by atoms with Gasteiger partial charge in [-0.2, -0.15) is 5.10 Å². The summed E-state index contributed by atoms with van der Waals surface area (Å²) in [7, 11) is 0. The first-order chi connectivity index (χ1) is 8.09. The van der Waals surface area contributed by atoms with E-state index >= 15 is 0 Å². The second-order valence-electron chi connectivity index (χ2n) is 3.21. The average Bonchev–Trinajstić information content (AvgIpc) is 2.29. The van der Waals surface area contributed by atoms with Gasteiger partial charge >= 0.3 is 0 Å². The Morgan fingerprint density at radius 2 is 2.12 bits per heavy atom. The monoisotopic (exact) mass is 252 g/mol. The Labute approximate surface area is 104 Å². The van der Waals surface area contributed by atoms with Crippen LogP contribution in [0.15, 0.2) is 35.4 Å². The fourth-order valence-corrected chi connectivity index (χ4v) is 1.26. The van der Waals surface area contributed by atoms with Gasteiger partial charge in [-0.1, -0.05) is 30.3 Å². The molecule has 7 heteroatoms. The first kappa shape index (κ1) is 13.0. The van der Waals surface area contributed by atoms with Crippen molar-refractivity contribution >= 4 is 23.0 Å². The van der Waals surface area contributed by atoms with Gasteiger partial charge in [0.05, 0.1) is 12.1 Å². The number of thiocarbonyl (C=S) groups is 1. The van der Waals surface area contributed by atoms with Gasteiger partial charge in [0.1, 0.15) is 0 Å². The predicted molar refractivity (Wildman–Crippen MR) is 69.4 cm³/mol. The van der Waals surface area contributed by atoms with E-state index in [1.165, 1.54) is 0 Å². The molecule has 0 spiro atoms. The quantitative estimate of drug-likeness (QED) is 0.351. The highest BCUT2D eigenvalue weighted by Crippen LogP contribution is 2.04. The molecule has 0 bridgehead atoms. The Morgan fingerprint density at radius 3 is 2.65 bits per heavy atom. The van der Waals surface area contributed by atoms with Crippen LogP contribution in [0.4, 0.5) is 0 Å². The molecular weight excluding hydrogens is 240 g/mol. The molecule has 0 aliphatic rings. The predicted octanol–water partition coefficient (Wildman–Crippen LogP) is 0.891. The van der Waals surface area contributed by atoms with Gasteiger partial charge in [0, 0.05) is 4.92 Å². The van der Waals surface area contributed by atoms with Crippen LogP contribution in [-0.4, -0.2) is 22.3 Å². The summed E-state index contributed by atoms with van der Waals surface area (Å²) in [5.74, 6) is 0. The zero-order chi connectivity index (χ0) is 12.7. The van der Waals surface area contributed by atoms with Crippen LogP contribution in [0.3, 0.4) is 0 Å². The standard InChI is InChI=1S/C10H12N4O2S/c11-10(17)13-12-9(6-7-14(15)16)8-4-2-1-3-5-8/h1-5H,6-7H2,(H3,11,13,17). The number of nitrogens with two attached hydrogens (primary N) is 1. The number of hydrogen-bond donors (Lipinski definition) is 2. The number of nitro groups is 1. The van der Waals surface area contributed by atoms with Crippen molar-refractivity contribution < 1.29 is 4.92 Å². The van der Waals surface area contributed by atoms with Crippen LogP contribution in [0, 0.1) is 10.1 Å².